The summed E-state index contributed by atoms with van der Waals surface area (Å²) in [6.45, 7) is 8.86. The zero-order valence-electron chi connectivity index (χ0n) is 9.49. The van der Waals surface area contributed by atoms with Crippen LogP contribution >= 0.6 is 0 Å². The molecule has 1 N–H and O–H groups in total. The van der Waals surface area contributed by atoms with E-state index < -0.39 is 0 Å². The van der Waals surface area contributed by atoms with Gasteiger partial charge in [-0.3, -0.25) is 4.98 Å². The van der Waals surface area contributed by atoms with E-state index in [1.165, 1.54) is 5.56 Å². The minimum Gasteiger partial charge on any atom is -0.307 e. The van der Waals surface area contributed by atoms with Gasteiger partial charge >= 0.3 is 0 Å². The van der Waals surface area contributed by atoms with Crippen molar-refractivity contribution in [2.24, 2.45) is 5.92 Å². The van der Waals surface area contributed by atoms with E-state index in [-0.39, 0.29) is 0 Å². The molecule has 0 bridgehead atoms. The van der Waals surface area contributed by atoms with Gasteiger partial charge in [-0.15, -0.1) is 0 Å². The summed E-state index contributed by atoms with van der Waals surface area (Å²) >= 11 is 0. The molecule has 1 unspecified atom stereocenters. The first kappa shape index (κ1) is 11.2. The topological polar surface area (TPSA) is 24.9 Å². The van der Waals surface area contributed by atoms with Gasteiger partial charge in [0.2, 0.25) is 0 Å². The van der Waals surface area contributed by atoms with E-state index in [0.29, 0.717) is 18.0 Å². The largest absolute Gasteiger partial charge is 0.307 e. The maximum Gasteiger partial charge on any atom is 0.0315 e. The second-order valence-corrected chi connectivity index (χ2v) is 4.21. The van der Waals surface area contributed by atoms with Crippen molar-refractivity contribution in [3.63, 3.8) is 0 Å². The molecule has 2 heteroatoms. The Labute approximate surface area is 86.8 Å². The van der Waals surface area contributed by atoms with Crippen LogP contribution in [0.1, 0.15) is 39.3 Å². The van der Waals surface area contributed by atoms with Crippen LogP contribution in [-0.2, 0) is 0 Å². The van der Waals surface area contributed by atoms with Crippen molar-refractivity contribution in [2.45, 2.75) is 39.8 Å². The third-order valence-electron chi connectivity index (χ3n) is 2.70. The minimum absolute atomic E-state index is 0.376. The fraction of sp³-hybridized carbons (Fsp3) is 0.583. The summed E-state index contributed by atoms with van der Waals surface area (Å²) in [6, 6.07) is 5.00. The van der Waals surface area contributed by atoms with E-state index in [2.05, 4.69) is 44.1 Å². The predicted octanol–water partition coefficient (Wildman–Crippen LogP) is 2.78. The highest BCUT2D eigenvalue weighted by Gasteiger charge is 2.11. The average Bonchev–Trinajstić information content (AvgIpc) is 2.19. The highest BCUT2D eigenvalue weighted by atomic mass is 14.9. The molecule has 0 aromatic carbocycles. The lowest BCUT2D eigenvalue weighted by Gasteiger charge is -2.22. The van der Waals surface area contributed by atoms with Crippen molar-refractivity contribution >= 4 is 0 Å². The van der Waals surface area contributed by atoms with Gasteiger partial charge in [0.15, 0.2) is 0 Å². The van der Waals surface area contributed by atoms with Crippen LogP contribution in [0.2, 0.25) is 0 Å². The predicted molar refractivity (Wildman–Crippen MR) is 60.1 cm³/mol. The lowest BCUT2D eigenvalue weighted by atomic mass is 10.0. The Bertz CT molecular complexity index is 256. The zero-order chi connectivity index (χ0) is 10.6. The standard InChI is InChI=1S/C12H20N2/c1-9(2)10(3)14-11(4)12-6-5-7-13-8-12/h5-11,14H,1-4H3/t10?,11-/m1/s1. The van der Waals surface area contributed by atoms with Crippen molar-refractivity contribution in [1.82, 2.24) is 10.3 Å². The Hall–Kier alpha value is -0.890. The number of hydrogen-bond donors (Lipinski definition) is 1. The molecule has 0 amide bonds. The molecule has 1 aromatic heterocycles. The average molecular weight is 192 g/mol. The summed E-state index contributed by atoms with van der Waals surface area (Å²) < 4.78 is 0. The Morgan fingerprint density at radius 2 is 1.93 bits per heavy atom. The van der Waals surface area contributed by atoms with Crippen molar-refractivity contribution < 1.29 is 0 Å². The van der Waals surface area contributed by atoms with Crippen LogP contribution in [0.15, 0.2) is 24.5 Å². The van der Waals surface area contributed by atoms with Crippen LogP contribution in [0.3, 0.4) is 0 Å². The van der Waals surface area contributed by atoms with Crippen molar-refractivity contribution in [3.8, 4) is 0 Å². The van der Waals surface area contributed by atoms with E-state index in [9.17, 15) is 0 Å². The molecule has 1 rings (SSSR count). The monoisotopic (exact) mass is 192 g/mol. The van der Waals surface area contributed by atoms with Crippen LogP contribution in [0.5, 0.6) is 0 Å². The number of aromatic nitrogens is 1. The first-order valence-electron chi connectivity index (χ1n) is 5.27. The molecular weight excluding hydrogens is 172 g/mol. The third-order valence-corrected chi connectivity index (χ3v) is 2.70. The lowest BCUT2D eigenvalue weighted by Crippen LogP contribution is -2.32. The maximum absolute atomic E-state index is 4.12. The fourth-order valence-corrected chi connectivity index (χ4v) is 1.32. The number of nitrogens with zero attached hydrogens (tertiary/aromatic N) is 1. The van der Waals surface area contributed by atoms with Crippen LogP contribution in [0.25, 0.3) is 0 Å². The molecule has 2 atom stereocenters. The molecule has 0 radical (unpaired) electrons. The lowest BCUT2D eigenvalue weighted by molar-refractivity contribution is 0.388. The van der Waals surface area contributed by atoms with Gasteiger partial charge in [-0.2, -0.15) is 0 Å². The first-order chi connectivity index (χ1) is 6.61. The first-order valence-corrected chi connectivity index (χ1v) is 5.27. The van der Waals surface area contributed by atoms with Crippen LogP contribution < -0.4 is 5.32 Å². The number of pyridine rings is 1. The smallest absolute Gasteiger partial charge is 0.0315 e. The SMILES string of the molecule is CC(C)C(C)N[C@H](C)c1cccnc1. The second-order valence-electron chi connectivity index (χ2n) is 4.21. The van der Waals surface area contributed by atoms with Crippen LogP contribution in [-0.4, -0.2) is 11.0 Å². The molecule has 0 saturated heterocycles. The van der Waals surface area contributed by atoms with E-state index in [4.69, 9.17) is 0 Å². The van der Waals surface area contributed by atoms with Gasteiger partial charge < -0.3 is 5.32 Å². The summed E-state index contributed by atoms with van der Waals surface area (Å²) in [6.07, 6.45) is 3.73. The molecule has 1 heterocycles. The molecule has 1 aromatic rings. The Morgan fingerprint density at radius 3 is 2.43 bits per heavy atom. The molecule has 0 aliphatic heterocycles. The molecule has 0 aliphatic carbocycles. The normalized spacial score (nSPS) is 15.5. The molecular formula is C12H20N2. The van der Waals surface area contributed by atoms with Gasteiger partial charge in [-0.25, -0.2) is 0 Å². The van der Waals surface area contributed by atoms with Gasteiger partial charge in [-0.05, 0) is 31.4 Å². The summed E-state index contributed by atoms with van der Waals surface area (Å²) in [4.78, 5) is 4.12. The van der Waals surface area contributed by atoms with Gasteiger partial charge in [-0.1, -0.05) is 19.9 Å². The van der Waals surface area contributed by atoms with E-state index in [0.717, 1.165) is 0 Å². The Balaban J connectivity index is 2.55. The second kappa shape index (κ2) is 5.11. The Kier molecular flexibility index (Phi) is 4.08. The number of rotatable bonds is 4. The van der Waals surface area contributed by atoms with Gasteiger partial charge in [0.1, 0.15) is 0 Å². The van der Waals surface area contributed by atoms with Crippen molar-refractivity contribution in [3.05, 3.63) is 30.1 Å². The molecule has 14 heavy (non-hydrogen) atoms. The summed E-state index contributed by atoms with van der Waals surface area (Å²) in [5.74, 6) is 0.661. The molecule has 0 aliphatic rings. The maximum atomic E-state index is 4.12. The molecule has 0 spiro atoms. The summed E-state index contributed by atoms with van der Waals surface area (Å²) in [7, 11) is 0. The zero-order valence-corrected chi connectivity index (χ0v) is 9.49. The van der Waals surface area contributed by atoms with E-state index in [1.54, 1.807) is 0 Å². The van der Waals surface area contributed by atoms with Crippen molar-refractivity contribution in [2.75, 3.05) is 0 Å². The Morgan fingerprint density at radius 1 is 1.21 bits per heavy atom. The quantitative estimate of drug-likeness (QED) is 0.793. The van der Waals surface area contributed by atoms with E-state index >= 15 is 0 Å². The molecule has 0 saturated carbocycles. The van der Waals surface area contributed by atoms with Gasteiger partial charge in [0.25, 0.3) is 0 Å². The van der Waals surface area contributed by atoms with Crippen molar-refractivity contribution in [1.29, 1.82) is 0 Å². The van der Waals surface area contributed by atoms with E-state index in [1.807, 2.05) is 18.5 Å². The molecule has 2 nitrogen and oxygen atoms in total. The summed E-state index contributed by atoms with van der Waals surface area (Å²) in [5, 5.41) is 3.56. The highest BCUT2D eigenvalue weighted by Crippen LogP contribution is 2.12. The third kappa shape index (κ3) is 3.11. The number of hydrogen-bond acceptors (Lipinski definition) is 2. The molecule has 78 valence electrons. The highest BCUT2D eigenvalue weighted by molar-refractivity contribution is 5.12. The van der Waals surface area contributed by atoms with Crippen LogP contribution in [0.4, 0.5) is 0 Å². The van der Waals surface area contributed by atoms with Gasteiger partial charge in [0, 0.05) is 24.5 Å². The fourth-order valence-electron chi connectivity index (χ4n) is 1.32. The number of nitrogens with one attached hydrogen (secondary N) is 1. The van der Waals surface area contributed by atoms with Gasteiger partial charge in [0.05, 0.1) is 0 Å². The summed E-state index contributed by atoms with van der Waals surface area (Å²) in [5.41, 5.74) is 1.25. The van der Waals surface area contributed by atoms with Crippen LogP contribution in [0, 0.1) is 5.92 Å². The minimum atomic E-state index is 0.376. The molecule has 0 fully saturated rings.